The minimum absolute atomic E-state index is 0.0676. The molecule has 38 heavy (non-hydrogen) atoms. The summed E-state index contributed by atoms with van der Waals surface area (Å²) in [6.07, 6.45) is 0. The van der Waals surface area contributed by atoms with Crippen molar-refractivity contribution < 1.29 is 14.3 Å². The van der Waals surface area contributed by atoms with Crippen molar-refractivity contribution in [1.82, 2.24) is 15.0 Å². The molecule has 0 saturated carbocycles. The van der Waals surface area contributed by atoms with E-state index in [1.165, 1.54) is 0 Å². The molecule has 0 aliphatic carbocycles. The van der Waals surface area contributed by atoms with Crippen LogP contribution in [0.3, 0.4) is 0 Å². The number of Topliss-reactive ketones (excluding diaryl/α,β-unsaturated/α-hetero) is 1. The number of anilines is 2. The summed E-state index contributed by atoms with van der Waals surface area (Å²) < 4.78 is 10.6. The van der Waals surface area contributed by atoms with Crippen LogP contribution in [0.2, 0.25) is 10.0 Å². The fraction of sp³-hybridized carbons (Fsp3) is 0.375. The quantitative estimate of drug-likeness (QED) is 0.234. The Morgan fingerprint density at radius 2 is 1.50 bits per heavy atom. The van der Waals surface area contributed by atoms with Crippen molar-refractivity contribution in [2.45, 2.75) is 0 Å². The summed E-state index contributed by atoms with van der Waals surface area (Å²) in [5.41, 5.74) is 9.51. The van der Waals surface area contributed by atoms with Gasteiger partial charge in [-0.3, -0.25) is 4.79 Å². The lowest BCUT2D eigenvalue weighted by molar-refractivity contribution is 0.101. The molecule has 5 heterocycles. The van der Waals surface area contributed by atoms with Gasteiger partial charge < -0.3 is 25.0 Å². The number of hydrogen-bond acceptors (Lipinski definition) is 10. The first kappa shape index (κ1) is 30.6. The van der Waals surface area contributed by atoms with E-state index in [9.17, 15) is 4.79 Å². The van der Waals surface area contributed by atoms with Gasteiger partial charge in [0.25, 0.3) is 0 Å². The van der Waals surface area contributed by atoms with Crippen LogP contribution in [-0.4, -0.2) is 84.2 Å². The molecule has 0 unspecified atom stereocenters. The second-order valence-electron chi connectivity index (χ2n) is 7.82. The second-order valence-corrected chi connectivity index (χ2v) is 10.2. The minimum Gasteiger partial charge on any atom is -0.396 e. The molecule has 0 aromatic carbocycles. The van der Waals surface area contributed by atoms with Gasteiger partial charge in [0.05, 0.1) is 54.1 Å². The van der Waals surface area contributed by atoms with E-state index < -0.39 is 0 Å². The number of carbonyl (C=O) groups excluding carboxylic acids is 1. The summed E-state index contributed by atoms with van der Waals surface area (Å²) in [6, 6.07) is 7.11. The Balaban J connectivity index is 0.000000191. The molecule has 0 atom stereocenters. The van der Waals surface area contributed by atoms with Crippen molar-refractivity contribution in [3.63, 3.8) is 0 Å². The lowest BCUT2D eigenvalue weighted by Crippen LogP contribution is -2.37. The summed E-state index contributed by atoms with van der Waals surface area (Å²) in [5, 5.41) is 3.45. The predicted octanol–water partition coefficient (Wildman–Crippen LogP) is 4.75. The number of nitrogens with two attached hydrogens (primary N) is 1. The number of hydrogen-bond donors (Lipinski definition) is 1. The lowest BCUT2D eigenvalue weighted by atomic mass is 10.2. The topological polar surface area (TPSA) is 107 Å². The number of nitrogens with zero attached hydrogens (tertiary/aromatic N) is 5. The maximum atomic E-state index is 11.6. The molecule has 9 nitrogen and oxygen atoms in total. The van der Waals surface area contributed by atoms with Crippen LogP contribution in [0.4, 0.5) is 11.6 Å². The molecule has 0 amide bonds. The first-order chi connectivity index (χ1) is 18.4. The third kappa shape index (κ3) is 9.37. The lowest BCUT2D eigenvalue weighted by Gasteiger charge is -2.28. The van der Waals surface area contributed by atoms with Crippen molar-refractivity contribution in [2.75, 3.05) is 67.7 Å². The number of ether oxygens (including phenoxy) is 2. The molecule has 3 aromatic rings. The molecule has 2 fully saturated rings. The summed E-state index contributed by atoms with van der Waals surface area (Å²) >= 11 is 20.9. The number of carbonyl (C=O) groups is 1. The molecule has 0 radical (unpaired) electrons. The average molecular weight is 662 g/mol. The Hall–Kier alpha value is -1.93. The van der Waals surface area contributed by atoms with Crippen molar-refractivity contribution >= 4 is 85.6 Å². The summed E-state index contributed by atoms with van der Waals surface area (Å²) in [6.45, 7) is 6.07. The van der Waals surface area contributed by atoms with E-state index in [0.29, 0.717) is 29.0 Å². The highest BCUT2D eigenvalue weighted by molar-refractivity contribution is 9.09. The third-order valence-electron chi connectivity index (χ3n) is 5.33. The summed E-state index contributed by atoms with van der Waals surface area (Å²) in [5.74, 6) is 1.57. The molecular formula is C24H27BrCl2N6O3S2. The first-order valence-electron chi connectivity index (χ1n) is 11.6. The van der Waals surface area contributed by atoms with Crippen LogP contribution < -0.4 is 15.5 Å². The van der Waals surface area contributed by atoms with Crippen LogP contribution in [0.25, 0.3) is 11.4 Å². The van der Waals surface area contributed by atoms with Crippen LogP contribution in [0.5, 0.6) is 0 Å². The van der Waals surface area contributed by atoms with Crippen LogP contribution >= 0.6 is 62.7 Å². The van der Waals surface area contributed by atoms with Crippen LogP contribution in [0.1, 0.15) is 10.5 Å². The van der Waals surface area contributed by atoms with Crippen LogP contribution in [0, 0.1) is 0 Å². The smallest absolute Gasteiger partial charge is 0.191 e. The number of alkyl halides is 1. The Bertz CT molecular complexity index is 1180. The monoisotopic (exact) mass is 660 g/mol. The third-order valence-corrected chi connectivity index (χ3v) is 6.86. The van der Waals surface area contributed by atoms with Crippen molar-refractivity contribution in [3.05, 3.63) is 50.9 Å². The van der Waals surface area contributed by atoms with Gasteiger partial charge in [-0.15, -0.1) is 11.3 Å². The molecular weight excluding hydrogens is 635 g/mol. The van der Waals surface area contributed by atoms with Gasteiger partial charge >= 0.3 is 0 Å². The van der Waals surface area contributed by atoms with Crippen LogP contribution in [0.15, 0.2) is 35.2 Å². The highest BCUT2D eigenvalue weighted by Crippen LogP contribution is 2.26. The molecule has 2 aliphatic rings. The fourth-order valence-electron chi connectivity index (χ4n) is 3.56. The summed E-state index contributed by atoms with van der Waals surface area (Å²) in [4.78, 5) is 29.1. The Morgan fingerprint density at radius 3 is 2.00 bits per heavy atom. The number of halogens is 3. The Labute approximate surface area is 249 Å². The number of thiazole rings is 1. The van der Waals surface area contributed by atoms with E-state index in [4.69, 9.17) is 32.7 Å². The standard InChI is InChI=1S/C12H12ClN3OS.C11H12BrClN2O2.CH3NS/c13-9-5-10(11-7-18-8-14-11)15-12(6-9)16-1-3-17-4-2-16;12-7-10(16)9-5-8(13)6-11(14-9)15-1-3-17-4-2-15;2-1-3/h5-8H,1-4H2;5-6H,1-4,7H2;1H,(H2,2,3). The molecule has 0 spiro atoms. The number of aromatic nitrogens is 3. The number of ketones is 1. The number of rotatable bonds is 5. The van der Waals surface area contributed by atoms with Crippen molar-refractivity contribution in [3.8, 4) is 11.4 Å². The first-order valence-corrected chi connectivity index (χ1v) is 14.9. The van der Waals surface area contributed by atoms with Gasteiger partial charge in [0.15, 0.2) is 5.78 Å². The minimum atomic E-state index is -0.0676. The molecule has 3 aromatic heterocycles. The van der Waals surface area contributed by atoms with E-state index in [1.807, 2.05) is 17.5 Å². The molecule has 5 rings (SSSR count). The zero-order valence-corrected chi connectivity index (χ0v) is 25.1. The molecule has 2 N–H and O–H groups in total. The van der Waals surface area contributed by atoms with Gasteiger partial charge in [-0.1, -0.05) is 51.3 Å². The summed E-state index contributed by atoms with van der Waals surface area (Å²) in [7, 11) is 0. The van der Waals surface area contributed by atoms with Crippen molar-refractivity contribution in [1.29, 1.82) is 0 Å². The second kappa shape index (κ2) is 16.2. The van der Waals surface area contributed by atoms with Gasteiger partial charge in [0.1, 0.15) is 17.3 Å². The van der Waals surface area contributed by atoms with Gasteiger partial charge in [-0.2, -0.15) is 0 Å². The largest absolute Gasteiger partial charge is 0.396 e. The van der Waals surface area contributed by atoms with E-state index in [2.05, 4.69) is 58.6 Å². The van der Waals surface area contributed by atoms with Gasteiger partial charge in [-0.25, -0.2) is 15.0 Å². The average Bonchev–Trinajstić information content (AvgIpc) is 3.49. The Kier molecular flexibility index (Phi) is 13.1. The van der Waals surface area contributed by atoms with Gasteiger partial charge in [0.2, 0.25) is 0 Å². The van der Waals surface area contributed by atoms with Gasteiger partial charge in [-0.05, 0) is 24.3 Å². The Morgan fingerprint density at radius 1 is 0.974 bits per heavy atom. The van der Waals surface area contributed by atoms with E-state index in [-0.39, 0.29) is 11.1 Å². The normalized spacial score (nSPS) is 15.0. The predicted molar refractivity (Wildman–Crippen MR) is 162 cm³/mol. The van der Waals surface area contributed by atoms with E-state index in [1.54, 1.807) is 29.0 Å². The van der Waals surface area contributed by atoms with E-state index >= 15 is 0 Å². The highest BCUT2D eigenvalue weighted by atomic mass is 79.9. The number of thiocarbonyl (C=S) groups is 1. The molecule has 14 heteroatoms. The number of pyridine rings is 2. The fourth-order valence-corrected chi connectivity index (χ4v) is 4.79. The van der Waals surface area contributed by atoms with E-state index in [0.717, 1.165) is 67.9 Å². The van der Waals surface area contributed by atoms with Crippen molar-refractivity contribution in [2.24, 2.45) is 5.73 Å². The molecule has 0 bridgehead atoms. The maximum absolute atomic E-state index is 11.6. The zero-order chi connectivity index (χ0) is 27.3. The molecule has 204 valence electrons. The number of morpholine rings is 2. The SMILES string of the molecule is Clc1cc(-c2cscn2)nc(N2CCOCC2)c1.NC=S.O=C(CBr)c1cc(Cl)cc(N2CCOCC2)n1. The molecule has 2 aliphatic heterocycles. The maximum Gasteiger partial charge on any atom is 0.191 e. The molecule has 2 saturated heterocycles. The van der Waals surface area contributed by atoms with Crippen LogP contribution in [-0.2, 0) is 9.47 Å². The van der Waals surface area contributed by atoms with Gasteiger partial charge in [0, 0.05) is 41.6 Å². The highest BCUT2D eigenvalue weighted by Gasteiger charge is 2.16. The zero-order valence-electron chi connectivity index (χ0n) is 20.4.